The van der Waals surface area contributed by atoms with Crippen LogP contribution < -0.4 is 5.32 Å². The smallest absolute Gasteiger partial charge is 0.0634 e. The zero-order chi connectivity index (χ0) is 11.4. The second-order valence-corrected chi connectivity index (χ2v) is 5.71. The van der Waals surface area contributed by atoms with Gasteiger partial charge in [-0.05, 0) is 51.5 Å². The van der Waals surface area contributed by atoms with Crippen LogP contribution >= 0.6 is 11.6 Å². The number of alkyl halides is 1. The van der Waals surface area contributed by atoms with E-state index in [4.69, 9.17) is 16.3 Å². The lowest BCUT2D eigenvalue weighted by molar-refractivity contribution is 0.0156. The number of hydrogen-bond acceptors (Lipinski definition) is 2. The first-order chi connectivity index (χ1) is 7.04. The van der Waals surface area contributed by atoms with E-state index in [2.05, 4.69) is 19.2 Å². The highest BCUT2D eigenvalue weighted by Crippen LogP contribution is 2.48. The largest absolute Gasteiger partial charge is 0.379 e. The molecule has 3 heteroatoms. The molecule has 0 saturated heterocycles. The fraction of sp³-hybridized carbons (Fsp3) is 1.00. The highest BCUT2D eigenvalue weighted by atomic mass is 35.5. The summed E-state index contributed by atoms with van der Waals surface area (Å²) in [5, 5.41) is 3.52. The molecule has 0 aromatic carbocycles. The molecule has 0 bridgehead atoms. The molecule has 2 nitrogen and oxygen atoms in total. The summed E-state index contributed by atoms with van der Waals surface area (Å²) in [7, 11) is 1.77. The first-order valence-electron chi connectivity index (χ1n) is 5.85. The monoisotopic (exact) mass is 233 g/mol. The number of halogens is 1. The Labute approximate surface area is 98.7 Å². The molecule has 1 aliphatic carbocycles. The molecule has 0 radical (unpaired) electrons. The molecular formula is C12H24ClNO. The van der Waals surface area contributed by atoms with Crippen LogP contribution in [0.15, 0.2) is 0 Å². The second kappa shape index (κ2) is 5.51. The molecular weight excluding hydrogens is 210 g/mol. The van der Waals surface area contributed by atoms with E-state index in [1.54, 1.807) is 7.11 Å². The van der Waals surface area contributed by atoms with E-state index in [1.165, 1.54) is 12.8 Å². The number of nitrogens with one attached hydrogen (secondary N) is 1. The van der Waals surface area contributed by atoms with Crippen LogP contribution in [0.3, 0.4) is 0 Å². The SMILES string of the molecule is COC(C)(C)CCNCC1(CCCl)CC1. The lowest BCUT2D eigenvalue weighted by Gasteiger charge is -2.23. The third kappa shape index (κ3) is 4.71. The molecule has 0 spiro atoms. The van der Waals surface area contributed by atoms with Gasteiger partial charge in [0.15, 0.2) is 0 Å². The van der Waals surface area contributed by atoms with Crippen LogP contribution in [0.5, 0.6) is 0 Å². The molecule has 0 aromatic rings. The highest BCUT2D eigenvalue weighted by molar-refractivity contribution is 6.17. The van der Waals surface area contributed by atoms with Gasteiger partial charge in [0.1, 0.15) is 0 Å². The van der Waals surface area contributed by atoms with Crippen LogP contribution in [-0.4, -0.2) is 31.7 Å². The van der Waals surface area contributed by atoms with Gasteiger partial charge in [-0.1, -0.05) is 0 Å². The zero-order valence-electron chi connectivity index (χ0n) is 10.2. The Morgan fingerprint density at radius 3 is 2.53 bits per heavy atom. The van der Waals surface area contributed by atoms with Crippen molar-refractivity contribution in [2.75, 3.05) is 26.1 Å². The number of ether oxygens (including phenoxy) is 1. The maximum Gasteiger partial charge on any atom is 0.0634 e. The molecule has 0 heterocycles. The molecule has 0 aliphatic heterocycles. The van der Waals surface area contributed by atoms with Gasteiger partial charge >= 0.3 is 0 Å². The molecule has 1 saturated carbocycles. The van der Waals surface area contributed by atoms with E-state index in [0.717, 1.165) is 31.8 Å². The van der Waals surface area contributed by atoms with E-state index in [1.807, 2.05) is 0 Å². The molecule has 0 amide bonds. The lowest BCUT2D eigenvalue weighted by atomic mass is 10.0. The van der Waals surface area contributed by atoms with Crippen molar-refractivity contribution in [1.29, 1.82) is 0 Å². The van der Waals surface area contributed by atoms with Crippen LogP contribution in [0.1, 0.15) is 39.5 Å². The van der Waals surface area contributed by atoms with Gasteiger partial charge in [0.25, 0.3) is 0 Å². The van der Waals surface area contributed by atoms with Crippen molar-refractivity contribution in [3.63, 3.8) is 0 Å². The van der Waals surface area contributed by atoms with Crippen LogP contribution in [-0.2, 0) is 4.74 Å². The summed E-state index contributed by atoms with van der Waals surface area (Å²) < 4.78 is 5.37. The highest BCUT2D eigenvalue weighted by Gasteiger charge is 2.41. The van der Waals surface area contributed by atoms with Gasteiger partial charge in [-0.3, -0.25) is 0 Å². The summed E-state index contributed by atoms with van der Waals surface area (Å²) in [6, 6.07) is 0. The molecule has 1 rings (SSSR count). The predicted molar refractivity (Wildman–Crippen MR) is 65.6 cm³/mol. The maximum atomic E-state index is 5.79. The summed E-state index contributed by atoms with van der Waals surface area (Å²) >= 11 is 5.79. The second-order valence-electron chi connectivity index (χ2n) is 5.33. The van der Waals surface area contributed by atoms with Crippen molar-refractivity contribution in [3.05, 3.63) is 0 Å². The van der Waals surface area contributed by atoms with Gasteiger partial charge in [-0.15, -0.1) is 11.6 Å². The normalized spacial score (nSPS) is 19.2. The number of methoxy groups -OCH3 is 1. The van der Waals surface area contributed by atoms with Crippen LogP contribution in [0.25, 0.3) is 0 Å². The average Bonchev–Trinajstić information content (AvgIpc) is 2.94. The van der Waals surface area contributed by atoms with E-state index in [0.29, 0.717) is 5.41 Å². The average molecular weight is 234 g/mol. The minimum absolute atomic E-state index is 0.00377. The van der Waals surface area contributed by atoms with Gasteiger partial charge in [0.2, 0.25) is 0 Å². The Morgan fingerprint density at radius 1 is 1.40 bits per heavy atom. The quantitative estimate of drug-likeness (QED) is 0.514. The molecule has 1 N–H and O–H groups in total. The summed E-state index contributed by atoms with van der Waals surface area (Å²) in [5.74, 6) is 0.797. The maximum absolute atomic E-state index is 5.79. The van der Waals surface area contributed by atoms with Crippen LogP contribution in [0, 0.1) is 5.41 Å². The van der Waals surface area contributed by atoms with Gasteiger partial charge in [-0.25, -0.2) is 0 Å². The van der Waals surface area contributed by atoms with Crippen molar-refractivity contribution < 1.29 is 4.74 Å². The summed E-state index contributed by atoms with van der Waals surface area (Å²) in [5.41, 5.74) is 0.537. The van der Waals surface area contributed by atoms with Crippen molar-refractivity contribution in [3.8, 4) is 0 Å². The summed E-state index contributed by atoms with van der Waals surface area (Å²) in [4.78, 5) is 0. The van der Waals surface area contributed by atoms with Crippen molar-refractivity contribution in [2.24, 2.45) is 5.41 Å². The minimum atomic E-state index is -0.00377. The topological polar surface area (TPSA) is 21.3 Å². The van der Waals surface area contributed by atoms with E-state index in [9.17, 15) is 0 Å². The predicted octanol–water partition coefficient (Wildman–Crippen LogP) is 2.80. The van der Waals surface area contributed by atoms with E-state index < -0.39 is 0 Å². The fourth-order valence-corrected chi connectivity index (χ4v) is 2.14. The van der Waals surface area contributed by atoms with Crippen molar-refractivity contribution in [1.82, 2.24) is 5.32 Å². The standard InChI is InChI=1S/C12H24ClNO/c1-11(2,15-3)7-9-14-10-12(4-5-12)6-8-13/h14H,4-10H2,1-3H3. The van der Waals surface area contributed by atoms with Gasteiger partial charge < -0.3 is 10.1 Å². The third-order valence-electron chi connectivity index (χ3n) is 3.54. The zero-order valence-corrected chi connectivity index (χ0v) is 11.0. The first kappa shape index (κ1) is 13.3. The van der Waals surface area contributed by atoms with Gasteiger partial charge in [0.05, 0.1) is 5.60 Å². The lowest BCUT2D eigenvalue weighted by Crippen LogP contribution is -2.32. The minimum Gasteiger partial charge on any atom is -0.379 e. The Kier molecular flexibility index (Phi) is 4.88. The summed E-state index contributed by atoms with van der Waals surface area (Å²) in [6.45, 7) is 6.41. The van der Waals surface area contributed by atoms with Crippen LogP contribution in [0.4, 0.5) is 0 Å². The molecule has 90 valence electrons. The molecule has 0 aromatic heterocycles. The Hall–Kier alpha value is 0.210. The molecule has 0 unspecified atom stereocenters. The first-order valence-corrected chi connectivity index (χ1v) is 6.39. The van der Waals surface area contributed by atoms with E-state index in [-0.39, 0.29) is 5.60 Å². The molecule has 0 atom stereocenters. The Bertz CT molecular complexity index is 190. The Balaban J connectivity index is 2.07. The fourth-order valence-electron chi connectivity index (χ4n) is 1.74. The van der Waals surface area contributed by atoms with E-state index >= 15 is 0 Å². The summed E-state index contributed by atoms with van der Waals surface area (Å²) in [6.07, 6.45) is 4.91. The van der Waals surface area contributed by atoms with Crippen molar-refractivity contribution >= 4 is 11.6 Å². The molecule has 15 heavy (non-hydrogen) atoms. The molecule has 1 aliphatic rings. The Morgan fingerprint density at radius 2 is 2.07 bits per heavy atom. The number of hydrogen-bond donors (Lipinski definition) is 1. The van der Waals surface area contributed by atoms with Crippen molar-refractivity contribution in [2.45, 2.75) is 45.1 Å². The molecule has 1 fully saturated rings. The van der Waals surface area contributed by atoms with Gasteiger partial charge in [-0.2, -0.15) is 0 Å². The van der Waals surface area contributed by atoms with Crippen LogP contribution in [0.2, 0.25) is 0 Å². The number of rotatable bonds is 8. The third-order valence-corrected chi connectivity index (χ3v) is 3.73. The van der Waals surface area contributed by atoms with Gasteiger partial charge in [0, 0.05) is 19.5 Å².